The van der Waals surface area contributed by atoms with Crippen molar-refractivity contribution in [3.8, 4) is 0 Å². The van der Waals surface area contributed by atoms with E-state index in [0.29, 0.717) is 6.04 Å². The normalized spacial score (nSPS) is 28.3. The molecule has 1 fully saturated rings. The fourth-order valence-corrected chi connectivity index (χ4v) is 3.64. The number of nitrogens with zero attached hydrogens (tertiary/aromatic N) is 2. The highest BCUT2D eigenvalue weighted by Crippen LogP contribution is 2.41. The molecule has 2 aliphatic heterocycles. The van der Waals surface area contributed by atoms with E-state index in [1.54, 1.807) is 0 Å². The third-order valence-corrected chi connectivity index (χ3v) is 4.60. The first kappa shape index (κ1) is 9.72. The standard InChI is InChI=1S/C15H18N2/c1-16-7-6-11-8-14(16)15-9-12-4-2-3-5-13(12)17(15)10-11/h2-5,9,11,14H,6-8,10H2,1H3. The summed E-state index contributed by atoms with van der Waals surface area (Å²) < 4.78 is 2.56. The zero-order chi connectivity index (χ0) is 11.4. The Labute approximate surface area is 102 Å². The molecule has 1 aromatic heterocycles. The number of rotatable bonds is 0. The van der Waals surface area contributed by atoms with Gasteiger partial charge in [-0.05, 0) is 49.9 Å². The van der Waals surface area contributed by atoms with Gasteiger partial charge in [0, 0.05) is 17.8 Å². The van der Waals surface area contributed by atoms with E-state index in [0.717, 1.165) is 5.92 Å². The van der Waals surface area contributed by atoms with Crippen molar-refractivity contribution in [1.82, 2.24) is 9.47 Å². The lowest BCUT2D eigenvalue weighted by Gasteiger charge is -2.42. The van der Waals surface area contributed by atoms with Gasteiger partial charge >= 0.3 is 0 Å². The summed E-state index contributed by atoms with van der Waals surface area (Å²) >= 11 is 0. The van der Waals surface area contributed by atoms with Crippen LogP contribution in [-0.2, 0) is 6.54 Å². The van der Waals surface area contributed by atoms with Crippen LogP contribution in [0.2, 0.25) is 0 Å². The number of aromatic nitrogens is 1. The zero-order valence-corrected chi connectivity index (χ0v) is 10.3. The molecule has 1 aromatic carbocycles. The Bertz CT molecular complexity index is 569. The van der Waals surface area contributed by atoms with Gasteiger partial charge in [0.1, 0.15) is 0 Å². The number of hydrogen-bond donors (Lipinski definition) is 0. The van der Waals surface area contributed by atoms with Crippen LogP contribution in [0.3, 0.4) is 0 Å². The van der Waals surface area contributed by atoms with E-state index in [1.165, 1.54) is 42.5 Å². The highest BCUT2D eigenvalue weighted by atomic mass is 15.2. The molecule has 1 saturated heterocycles. The van der Waals surface area contributed by atoms with Crippen LogP contribution in [-0.4, -0.2) is 23.1 Å². The molecule has 4 rings (SSSR count). The second-order valence-electron chi connectivity index (χ2n) is 5.63. The first-order valence-electron chi connectivity index (χ1n) is 6.61. The van der Waals surface area contributed by atoms with Crippen molar-refractivity contribution in [2.45, 2.75) is 25.4 Å². The smallest absolute Gasteiger partial charge is 0.0501 e. The van der Waals surface area contributed by atoms with Gasteiger partial charge in [-0.1, -0.05) is 18.2 Å². The second-order valence-corrected chi connectivity index (χ2v) is 5.63. The van der Waals surface area contributed by atoms with Crippen LogP contribution < -0.4 is 0 Å². The molecule has 88 valence electrons. The van der Waals surface area contributed by atoms with Crippen molar-refractivity contribution in [2.75, 3.05) is 13.6 Å². The molecule has 17 heavy (non-hydrogen) atoms. The van der Waals surface area contributed by atoms with Gasteiger partial charge in [0.25, 0.3) is 0 Å². The average molecular weight is 226 g/mol. The van der Waals surface area contributed by atoms with Crippen molar-refractivity contribution < 1.29 is 0 Å². The lowest BCUT2D eigenvalue weighted by molar-refractivity contribution is 0.105. The molecule has 2 heteroatoms. The van der Waals surface area contributed by atoms with Crippen molar-refractivity contribution in [2.24, 2.45) is 5.92 Å². The first-order chi connectivity index (χ1) is 8.33. The minimum absolute atomic E-state index is 0.648. The maximum atomic E-state index is 2.56. The Morgan fingerprint density at radius 2 is 2.12 bits per heavy atom. The van der Waals surface area contributed by atoms with Crippen LogP contribution in [0.15, 0.2) is 30.3 Å². The summed E-state index contributed by atoms with van der Waals surface area (Å²) in [5.74, 6) is 0.888. The predicted molar refractivity (Wildman–Crippen MR) is 70.0 cm³/mol. The first-order valence-corrected chi connectivity index (χ1v) is 6.61. The molecule has 2 aromatic rings. The summed E-state index contributed by atoms with van der Waals surface area (Å²) in [7, 11) is 2.27. The summed E-state index contributed by atoms with van der Waals surface area (Å²) in [6.45, 7) is 2.49. The van der Waals surface area contributed by atoms with E-state index in [-0.39, 0.29) is 0 Å². The molecule has 2 bridgehead atoms. The molecular weight excluding hydrogens is 208 g/mol. The minimum atomic E-state index is 0.648. The minimum Gasteiger partial charge on any atom is -0.343 e. The lowest BCUT2D eigenvalue weighted by Crippen LogP contribution is -2.40. The van der Waals surface area contributed by atoms with E-state index in [9.17, 15) is 0 Å². The molecule has 2 unspecified atom stereocenters. The molecular formula is C15H18N2. The fourth-order valence-electron chi connectivity index (χ4n) is 3.64. The number of likely N-dealkylation sites (tertiary alicyclic amines) is 1. The molecule has 0 aliphatic carbocycles. The van der Waals surface area contributed by atoms with E-state index in [1.807, 2.05) is 0 Å². The molecule has 2 nitrogen and oxygen atoms in total. The predicted octanol–water partition coefficient (Wildman–Crippen LogP) is 3.04. The molecule has 2 atom stereocenters. The summed E-state index contributed by atoms with van der Waals surface area (Å²) in [6.07, 6.45) is 2.71. The van der Waals surface area contributed by atoms with E-state index in [4.69, 9.17) is 0 Å². The van der Waals surface area contributed by atoms with E-state index < -0.39 is 0 Å². The van der Waals surface area contributed by atoms with Crippen LogP contribution in [0, 0.1) is 5.92 Å². The van der Waals surface area contributed by atoms with Crippen LogP contribution in [0.25, 0.3) is 10.9 Å². The van der Waals surface area contributed by atoms with Crippen molar-refractivity contribution >= 4 is 10.9 Å². The quantitative estimate of drug-likeness (QED) is 0.670. The van der Waals surface area contributed by atoms with Gasteiger partial charge < -0.3 is 4.57 Å². The van der Waals surface area contributed by atoms with Crippen molar-refractivity contribution in [3.05, 3.63) is 36.0 Å². The van der Waals surface area contributed by atoms with Gasteiger partial charge in [-0.3, -0.25) is 4.90 Å². The fraction of sp³-hybridized carbons (Fsp3) is 0.467. The molecule has 3 heterocycles. The van der Waals surface area contributed by atoms with Gasteiger partial charge in [0.2, 0.25) is 0 Å². The summed E-state index contributed by atoms with van der Waals surface area (Å²) in [5, 5.41) is 1.41. The highest BCUT2D eigenvalue weighted by Gasteiger charge is 2.34. The second kappa shape index (κ2) is 3.36. The maximum Gasteiger partial charge on any atom is 0.0501 e. The van der Waals surface area contributed by atoms with Crippen LogP contribution in [0.5, 0.6) is 0 Å². The molecule has 0 radical (unpaired) electrons. The van der Waals surface area contributed by atoms with Crippen molar-refractivity contribution in [1.29, 1.82) is 0 Å². The van der Waals surface area contributed by atoms with Crippen molar-refractivity contribution in [3.63, 3.8) is 0 Å². The highest BCUT2D eigenvalue weighted by molar-refractivity contribution is 5.81. The Balaban J connectivity index is 1.96. The van der Waals surface area contributed by atoms with Crippen LogP contribution in [0.4, 0.5) is 0 Å². The van der Waals surface area contributed by atoms with Crippen LogP contribution in [0.1, 0.15) is 24.6 Å². The van der Waals surface area contributed by atoms with Gasteiger partial charge in [-0.2, -0.15) is 0 Å². The number of piperidine rings is 1. The van der Waals surface area contributed by atoms with E-state index >= 15 is 0 Å². The Morgan fingerprint density at radius 1 is 1.24 bits per heavy atom. The number of benzene rings is 1. The third kappa shape index (κ3) is 1.31. The Morgan fingerprint density at radius 3 is 3.06 bits per heavy atom. The van der Waals surface area contributed by atoms with Gasteiger partial charge in [-0.15, -0.1) is 0 Å². The number of para-hydroxylation sites is 1. The van der Waals surface area contributed by atoms with Gasteiger partial charge in [-0.25, -0.2) is 0 Å². The summed E-state index contributed by atoms with van der Waals surface area (Å²) in [5.41, 5.74) is 2.96. The lowest BCUT2D eigenvalue weighted by atomic mass is 9.86. The van der Waals surface area contributed by atoms with Gasteiger partial charge in [0.05, 0.1) is 6.04 Å². The topological polar surface area (TPSA) is 8.17 Å². The molecule has 2 aliphatic rings. The summed E-state index contributed by atoms with van der Waals surface area (Å²) in [6, 6.07) is 11.9. The maximum absolute atomic E-state index is 2.56. The monoisotopic (exact) mass is 226 g/mol. The van der Waals surface area contributed by atoms with E-state index in [2.05, 4.69) is 46.8 Å². The van der Waals surface area contributed by atoms with Crippen LogP contribution >= 0.6 is 0 Å². The average Bonchev–Trinajstić information content (AvgIpc) is 2.73. The Hall–Kier alpha value is -1.28. The molecule has 0 saturated carbocycles. The molecule has 0 amide bonds. The number of fused-ring (bicyclic) bond motifs is 6. The largest absolute Gasteiger partial charge is 0.343 e. The summed E-state index contributed by atoms with van der Waals surface area (Å²) in [4.78, 5) is 2.53. The van der Waals surface area contributed by atoms with Gasteiger partial charge in [0.15, 0.2) is 0 Å². The Kier molecular flexibility index (Phi) is 1.92. The third-order valence-electron chi connectivity index (χ3n) is 4.60. The number of hydrogen-bond acceptors (Lipinski definition) is 1. The zero-order valence-electron chi connectivity index (χ0n) is 10.3. The molecule has 0 N–H and O–H groups in total. The molecule has 0 spiro atoms. The SMILES string of the molecule is CN1CCC2CC1c1cc3ccccc3n1C2.